The van der Waals surface area contributed by atoms with Crippen molar-refractivity contribution in [2.24, 2.45) is 0 Å². The van der Waals surface area contributed by atoms with Gasteiger partial charge in [0.1, 0.15) is 18.1 Å². The molecule has 1 amide bonds. The lowest BCUT2D eigenvalue weighted by molar-refractivity contribution is 0.0939. The number of carbonyl (C=O) groups is 1. The topological polar surface area (TPSA) is 73.2 Å². The van der Waals surface area contributed by atoms with Crippen LogP contribution >= 0.6 is 0 Å². The molecule has 3 aromatic rings. The Bertz CT molecular complexity index is 950. The molecule has 6 nitrogen and oxygen atoms in total. The van der Waals surface area contributed by atoms with Gasteiger partial charge in [0.05, 0.1) is 13.1 Å². The SMILES string of the molecule is Cc1ccc(OCCNC(=O)c2ccc(=O)n(Cc3ccccc3)n2)cc1. The van der Waals surface area contributed by atoms with E-state index in [-0.39, 0.29) is 17.2 Å². The van der Waals surface area contributed by atoms with E-state index in [0.717, 1.165) is 16.9 Å². The maximum atomic E-state index is 12.3. The van der Waals surface area contributed by atoms with E-state index in [0.29, 0.717) is 19.7 Å². The van der Waals surface area contributed by atoms with Gasteiger partial charge in [-0.3, -0.25) is 9.59 Å². The molecule has 0 saturated heterocycles. The van der Waals surface area contributed by atoms with Crippen LogP contribution in [0.2, 0.25) is 0 Å². The Morgan fingerprint density at radius 3 is 2.52 bits per heavy atom. The highest BCUT2D eigenvalue weighted by Gasteiger charge is 2.09. The molecule has 0 aliphatic heterocycles. The smallest absolute Gasteiger partial charge is 0.271 e. The highest BCUT2D eigenvalue weighted by atomic mass is 16.5. The van der Waals surface area contributed by atoms with Crippen LogP contribution in [0.4, 0.5) is 0 Å². The summed E-state index contributed by atoms with van der Waals surface area (Å²) in [5, 5.41) is 6.91. The fourth-order valence-electron chi connectivity index (χ4n) is 2.50. The van der Waals surface area contributed by atoms with Crippen molar-refractivity contribution in [3.8, 4) is 5.75 Å². The van der Waals surface area contributed by atoms with E-state index >= 15 is 0 Å². The number of hydrogen-bond donors (Lipinski definition) is 1. The zero-order valence-electron chi connectivity index (χ0n) is 15.1. The Morgan fingerprint density at radius 2 is 1.78 bits per heavy atom. The van der Waals surface area contributed by atoms with E-state index in [9.17, 15) is 9.59 Å². The summed E-state index contributed by atoms with van der Waals surface area (Å²) >= 11 is 0. The molecule has 1 aromatic heterocycles. The number of hydrogen-bond acceptors (Lipinski definition) is 4. The van der Waals surface area contributed by atoms with E-state index in [1.54, 1.807) is 0 Å². The number of amides is 1. The zero-order valence-corrected chi connectivity index (χ0v) is 15.1. The molecule has 0 aliphatic rings. The van der Waals surface area contributed by atoms with Crippen molar-refractivity contribution in [2.75, 3.05) is 13.2 Å². The lowest BCUT2D eigenvalue weighted by atomic mass is 10.2. The lowest BCUT2D eigenvalue weighted by Gasteiger charge is -2.09. The van der Waals surface area contributed by atoms with Gasteiger partial charge in [0, 0.05) is 6.07 Å². The Morgan fingerprint density at radius 1 is 1.04 bits per heavy atom. The van der Waals surface area contributed by atoms with Crippen molar-refractivity contribution < 1.29 is 9.53 Å². The minimum atomic E-state index is -0.343. The molecule has 0 fully saturated rings. The predicted molar refractivity (Wildman–Crippen MR) is 103 cm³/mol. The number of nitrogens with zero attached hydrogens (tertiary/aromatic N) is 2. The minimum absolute atomic E-state index is 0.195. The Hall–Kier alpha value is -3.41. The van der Waals surface area contributed by atoms with Crippen molar-refractivity contribution >= 4 is 5.91 Å². The predicted octanol–water partition coefficient (Wildman–Crippen LogP) is 2.41. The molecule has 0 bridgehead atoms. The third-order valence-electron chi connectivity index (χ3n) is 3.95. The minimum Gasteiger partial charge on any atom is -0.492 e. The van der Waals surface area contributed by atoms with Crippen LogP contribution in [0.25, 0.3) is 0 Å². The Kier molecular flexibility index (Phi) is 5.99. The summed E-state index contributed by atoms with van der Waals surface area (Å²) in [4.78, 5) is 24.3. The van der Waals surface area contributed by atoms with Crippen molar-refractivity contribution in [3.63, 3.8) is 0 Å². The largest absolute Gasteiger partial charge is 0.492 e. The summed E-state index contributed by atoms with van der Waals surface area (Å²) in [5.41, 5.74) is 2.04. The summed E-state index contributed by atoms with van der Waals surface area (Å²) in [6, 6.07) is 20.0. The fraction of sp³-hybridized carbons (Fsp3) is 0.190. The van der Waals surface area contributed by atoms with E-state index < -0.39 is 0 Å². The van der Waals surface area contributed by atoms with E-state index in [1.807, 2.05) is 61.5 Å². The Labute approximate surface area is 157 Å². The van der Waals surface area contributed by atoms with E-state index in [2.05, 4.69) is 10.4 Å². The monoisotopic (exact) mass is 363 g/mol. The number of aryl methyl sites for hydroxylation is 1. The zero-order chi connectivity index (χ0) is 19.1. The summed E-state index contributed by atoms with van der Waals surface area (Å²) in [6.45, 7) is 3.01. The quantitative estimate of drug-likeness (QED) is 0.654. The van der Waals surface area contributed by atoms with Crippen LogP contribution in [0.5, 0.6) is 5.75 Å². The molecule has 6 heteroatoms. The van der Waals surface area contributed by atoms with Gasteiger partial charge >= 0.3 is 0 Å². The van der Waals surface area contributed by atoms with Crippen LogP contribution in [0, 0.1) is 6.92 Å². The molecular formula is C21H21N3O3. The third-order valence-corrected chi connectivity index (χ3v) is 3.95. The molecule has 27 heavy (non-hydrogen) atoms. The molecule has 1 N–H and O–H groups in total. The van der Waals surface area contributed by atoms with Crippen LogP contribution in [0.15, 0.2) is 71.5 Å². The first-order valence-electron chi connectivity index (χ1n) is 8.71. The summed E-state index contributed by atoms with van der Waals surface area (Å²) < 4.78 is 6.86. The van der Waals surface area contributed by atoms with Crippen LogP contribution < -0.4 is 15.6 Å². The van der Waals surface area contributed by atoms with Gasteiger partial charge in [0.15, 0.2) is 0 Å². The van der Waals surface area contributed by atoms with Crippen LogP contribution in [0.1, 0.15) is 21.6 Å². The molecule has 0 radical (unpaired) electrons. The maximum absolute atomic E-state index is 12.3. The van der Waals surface area contributed by atoms with Crippen LogP contribution in [-0.4, -0.2) is 28.8 Å². The summed E-state index contributed by atoms with van der Waals surface area (Å²) in [5.74, 6) is 0.411. The van der Waals surface area contributed by atoms with Gasteiger partial charge in [-0.2, -0.15) is 5.10 Å². The first-order chi connectivity index (χ1) is 13.1. The molecule has 0 spiro atoms. The standard InChI is InChI=1S/C21H21N3O3/c1-16-7-9-18(10-8-16)27-14-13-22-21(26)19-11-12-20(25)24(23-19)15-17-5-3-2-4-6-17/h2-12H,13-15H2,1H3,(H,22,26). The maximum Gasteiger partial charge on any atom is 0.271 e. The second kappa shape index (κ2) is 8.80. The van der Waals surface area contributed by atoms with Crippen LogP contribution in [0.3, 0.4) is 0 Å². The van der Waals surface area contributed by atoms with Gasteiger partial charge in [-0.05, 0) is 30.7 Å². The second-order valence-electron chi connectivity index (χ2n) is 6.12. The number of aromatic nitrogens is 2. The van der Waals surface area contributed by atoms with Gasteiger partial charge in [-0.25, -0.2) is 4.68 Å². The molecule has 0 saturated carbocycles. The highest BCUT2D eigenvalue weighted by molar-refractivity contribution is 5.91. The summed E-state index contributed by atoms with van der Waals surface area (Å²) in [7, 11) is 0. The van der Waals surface area contributed by atoms with Crippen molar-refractivity contribution in [1.29, 1.82) is 0 Å². The second-order valence-corrected chi connectivity index (χ2v) is 6.12. The van der Waals surface area contributed by atoms with Gasteiger partial charge < -0.3 is 10.1 Å². The number of rotatable bonds is 7. The Balaban J connectivity index is 1.55. The molecular weight excluding hydrogens is 342 g/mol. The number of ether oxygens (including phenoxy) is 1. The molecule has 2 aromatic carbocycles. The normalized spacial score (nSPS) is 10.4. The number of carbonyl (C=O) groups excluding carboxylic acids is 1. The molecule has 1 heterocycles. The highest BCUT2D eigenvalue weighted by Crippen LogP contribution is 2.10. The average Bonchev–Trinajstić information content (AvgIpc) is 2.69. The average molecular weight is 363 g/mol. The van der Waals surface area contributed by atoms with Gasteiger partial charge in [-0.15, -0.1) is 0 Å². The molecule has 0 aliphatic carbocycles. The number of nitrogens with one attached hydrogen (secondary N) is 1. The van der Waals surface area contributed by atoms with Crippen molar-refractivity contribution in [2.45, 2.75) is 13.5 Å². The fourth-order valence-corrected chi connectivity index (χ4v) is 2.50. The van der Waals surface area contributed by atoms with Gasteiger partial charge in [-0.1, -0.05) is 48.0 Å². The lowest BCUT2D eigenvalue weighted by Crippen LogP contribution is -2.32. The van der Waals surface area contributed by atoms with Gasteiger partial charge in [0.25, 0.3) is 11.5 Å². The molecule has 0 unspecified atom stereocenters. The first kappa shape index (κ1) is 18.4. The van der Waals surface area contributed by atoms with Gasteiger partial charge in [0.2, 0.25) is 0 Å². The van der Waals surface area contributed by atoms with Crippen LogP contribution in [-0.2, 0) is 6.54 Å². The third kappa shape index (κ3) is 5.28. The molecule has 138 valence electrons. The van der Waals surface area contributed by atoms with E-state index in [1.165, 1.54) is 16.8 Å². The number of benzene rings is 2. The first-order valence-corrected chi connectivity index (χ1v) is 8.71. The summed E-state index contributed by atoms with van der Waals surface area (Å²) in [6.07, 6.45) is 0. The van der Waals surface area contributed by atoms with Crippen molar-refractivity contribution in [1.82, 2.24) is 15.1 Å². The van der Waals surface area contributed by atoms with Crippen molar-refractivity contribution in [3.05, 3.63) is 93.9 Å². The van der Waals surface area contributed by atoms with E-state index in [4.69, 9.17) is 4.74 Å². The molecule has 0 atom stereocenters. The molecule has 3 rings (SSSR count).